The van der Waals surface area contributed by atoms with Crippen LogP contribution in [0.4, 0.5) is 0 Å². The van der Waals surface area contributed by atoms with Crippen LogP contribution in [0.5, 0.6) is 0 Å². The number of carbonyl (C=O) groups is 1. The molecule has 0 aliphatic carbocycles. The Morgan fingerprint density at radius 2 is 1.57 bits per heavy atom. The Morgan fingerprint density at radius 1 is 0.952 bits per heavy atom. The van der Waals surface area contributed by atoms with Crippen molar-refractivity contribution in [2.75, 3.05) is 0 Å². The van der Waals surface area contributed by atoms with Gasteiger partial charge in [-0.15, -0.1) is 0 Å². The predicted octanol–water partition coefficient (Wildman–Crippen LogP) is 1.69. The number of fused-ring (bicyclic) bond motifs is 1. The third kappa shape index (κ3) is 2.18. The van der Waals surface area contributed by atoms with Crippen LogP contribution < -0.4 is 11.1 Å². The molecule has 0 spiro atoms. The summed E-state index contributed by atoms with van der Waals surface area (Å²) in [4.78, 5) is 36.7. The second-order valence-corrected chi connectivity index (χ2v) is 4.80. The van der Waals surface area contributed by atoms with Gasteiger partial charge in [0.05, 0.1) is 10.8 Å². The highest BCUT2D eigenvalue weighted by Gasteiger charge is 2.14. The number of hydrogen-bond acceptors (Lipinski definition) is 3. The predicted molar refractivity (Wildman–Crippen MR) is 79.7 cm³/mol. The molecule has 1 N–H and O–H groups in total. The normalized spacial score (nSPS) is 10.7. The zero-order valence-electron chi connectivity index (χ0n) is 11.3. The average Bonchev–Trinajstić information content (AvgIpc) is 2.51. The summed E-state index contributed by atoms with van der Waals surface area (Å²) in [5.41, 5.74) is 0.348. The average molecular weight is 280 g/mol. The third-order valence-electron chi connectivity index (χ3n) is 3.32. The molecule has 0 saturated carbocycles. The zero-order chi connectivity index (χ0) is 15.0. The van der Waals surface area contributed by atoms with E-state index in [0.717, 1.165) is 10.2 Å². The van der Waals surface area contributed by atoms with E-state index in [4.69, 9.17) is 0 Å². The van der Waals surface area contributed by atoms with Crippen LogP contribution in [0.3, 0.4) is 0 Å². The van der Waals surface area contributed by atoms with Crippen LogP contribution in [-0.2, 0) is 0 Å². The monoisotopic (exact) mass is 280 g/mol. The number of nitrogens with zero attached hydrogens (tertiary/aromatic N) is 1. The van der Waals surface area contributed by atoms with Gasteiger partial charge in [0, 0.05) is 5.56 Å². The summed E-state index contributed by atoms with van der Waals surface area (Å²) in [6, 6.07) is 13.2. The number of H-pyrrole nitrogens is 1. The van der Waals surface area contributed by atoms with Gasteiger partial charge >= 0.3 is 0 Å². The molecule has 0 atom stereocenters. The molecular formula is C16H12N2O3. The summed E-state index contributed by atoms with van der Waals surface area (Å²) in [6.45, 7) is 1.90. The fraction of sp³-hybridized carbons (Fsp3) is 0.0625. The van der Waals surface area contributed by atoms with Gasteiger partial charge in [-0.2, -0.15) is 4.68 Å². The van der Waals surface area contributed by atoms with Crippen LogP contribution in [0.25, 0.3) is 10.8 Å². The summed E-state index contributed by atoms with van der Waals surface area (Å²) in [6.07, 6.45) is 0. The number of aryl methyl sites for hydroxylation is 1. The van der Waals surface area contributed by atoms with E-state index in [0.29, 0.717) is 5.56 Å². The fourth-order valence-electron chi connectivity index (χ4n) is 2.17. The number of nitrogens with one attached hydrogen (secondary N) is 1. The van der Waals surface area contributed by atoms with Crippen LogP contribution in [0.15, 0.2) is 58.1 Å². The first-order chi connectivity index (χ1) is 10.1. The molecular weight excluding hydrogens is 268 g/mol. The topological polar surface area (TPSA) is 71.9 Å². The van der Waals surface area contributed by atoms with Gasteiger partial charge in [0.1, 0.15) is 0 Å². The number of aromatic nitrogens is 2. The van der Waals surface area contributed by atoms with Gasteiger partial charge in [-0.05, 0) is 31.2 Å². The number of carbonyl (C=O) groups excluding carboxylic acids is 1. The van der Waals surface area contributed by atoms with Crippen LogP contribution in [0, 0.1) is 6.92 Å². The van der Waals surface area contributed by atoms with Crippen molar-refractivity contribution in [3.05, 3.63) is 80.4 Å². The van der Waals surface area contributed by atoms with Crippen molar-refractivity contribution in [3.63, 3.8) is 0 Å². The summed E-state index contributed by atoms with van der Waals surface area (Å²) in [5, 5.41) is 2.83. The first-order valence-corrected chi connectivity index (χ1v) is 6.43. The van der Waals surface area contributed by atoms with E-state index in [2.05, 4.69) is 5.10 Å². The van der Waals surface area contributed by atoms with Gasteiger partial charge in [0.2, 0.25) is 0 Å². The molecule has 5 heteroatoms. The number of hydrogen-bond donors (Lipinski definition) is 1. The molecule has 0 aliphatic rings. The maximum Gasteiger partial charge on any atom is 0.280 e. The van der Waals surface area contributed by atoms with Crippen molar-refractivity contribution in [3.8, 4) is 0 Å². The molecule has 0 bridgehead atoms. The summed E-state index contributed by atoms with van der Waals surface area (Å²) >= 11 is 0. The lowest BCUT2D eigenvalue weighted by atomic mass is 10.1. The Bertz CT molecular complexity index is 950. The van der Waals surface area contributed by atoms with Crippen molar-refractivity contribution >= 4 is 16.7 Å². The van der Waals surface area contributed by atoms with Gasteiger partial charge in [0.15, 0.2) is 0 Å². The van der Waals surface area contributed by atoms with E-state index >= 15 is 0 Å². The number of aromatic amines is 1. The minimum absolute atomic E-state index is 0.224. The molecule has 0 unspecified atom stereocenters. The zero-order valence-corrected chi connectivity index (χ0v) is 11.3. The van der Waals surface area contributed by atoms with Crippen LogP contribution in [0.1, 0.15) is 15.9 Å². The van der Waals surface area contributed by atoms with E-state index in [1.54, 1.807) is 42.5 Å². The summed E-state index contributed by atoms with van der Waals surface area (Å²) in [5.74, 6) is -0.553. The van der Waals surface area contributed by atoms with E-state index in [1.807, 2.05) is 6.92 Å². The fourth-order valence-corrected chi connectivity index (χ4v) is 2.17. The van der Waals surface area contributed by atoms with Crippen molar-refractivity contribution < 1.29 is 4.79 Å². The van der Waals surface area contributed by atoms with Crippen LogP contribution >= 0.6 is 0 Å². The Hall–Kier alpha value is -2.95. The van der Waals surface area contributed by atoms with Gasteiger partial charge in [-0.3, -0.25) is 19.5 Å². The molecule has 0 amide bonds. The van der Waals surface area contributed by atoms with Gasteiger partial charge in [-0.1, -0.05) is 29.8 Å². The molecule has 0 saturated heterocycles. The first-order valence-electron chi connectivity index (χ1n) is 6.43. The number of benzene rings is 2. The van der Waals surface area contributed by atoms with E-state index in [-0.39, 0.29) is 10.8 Å². The lowest BCUT2D eigenvalue weighted by Gasteiger charge is -2.06. The molecule has 3 rings (SSSR count). The van der Waals surface area contributed by atoms with Gasteiger partial charge in [0.25, 0.3) is 17.0 Å². The Balaban J connectivity index is 2.24. The second kappa shape index (κ2) is 4.86. The lowest BCUT2D eigenvalue weighted by Crippen LogP contribution is -2.34. The van der Waals surface area contributed by atoms with Crippen molar-refractivity contribution in [2.45, 2.75) is 6.92 Å². The van der Waals surface area contributed by atoms with E-state index in [9.17, 15) is 14.4 Å². The Morgan fingerprint density at radius 3 is 2.24 bits per heavy atom. The minimum atomic E-state index is -0.553. The van der Waals surface area contributed by atoms with E-state index < -0.39 is 17.0 Å². The van der Waals surface area contributed by atoms with Gasteiger partial charge < -0.3 is 0 Å². The first kappa shape index (κ1) is 13.1. The second-order valence-electron chi connectivity index (χ2n) is 4.80. The van der Waals surface area contributed by atoms with Crippen molar-refractivity contribution in [1.82, 2.24) is 9.78 Å². The Labute approximate surface area is 119 Å². The third-order valence-corrected chi connectivity index (χ3v) is 3.32. The van der Waals surface area contributed by atoms with Crippen LogP contribution in [0.2, 0.25) is 0 Å². The highest BCUT2D eigenvalue weighted by Crippen LogP contribution is 2.06. The molecule has 0 fully saturated rings. The molecule has 0 aliphatic heterocycles. The van der Waals surface area contributed by atoms with Crippen molar-refractivity contribution in [1.29, 1.82) is 0 Å². The summed E-state index contributed by atoms with van der Waals surface area (Å²) < 4.78 is 0.759. The lowest BCUT2D eigenvalue weighted by molar-refractivity contribution is 0.0939. The molecule has 21 heavy (non-hydrogen) atoms. The standard InChI is InChI=1S/C16H12N2O3/c1-10-6-8-11(9-7-10)15(20)18-16(21)13-5-3-2-4-12(13)14(19)17-18/h2-9H,1H3,(H,17,19). The molecule has 104 valence electrons. The van der Waals surface area contributed by atoms with E-state index in [1.165, 1.54) is 6.07 Å². The molecule has 1 heterocycles. The maximum atomic E-state index is 12.4. The van der Waals surface area contributed by atoms with Crippen molar-refractivity contribution in [2.24, 2.45) is 0 Å². The maximum absolute atomic E-state index is 12.4. The highest BCUT2D eigenvalue weighted by molar-refractivity contribution is 5.96. The van der Waals surface area contributed by atoms with Gasteiger partial charge in [-0.25, -0.2) is 0 Å². The SMILES string of the molecule is Cc1ccc(C(=O)n2[nH]c(=O)c3ccccc3c2=O)cc1. The molecule has 3 aromatic rings. The summed E-state index contributed by atoms with van der Waals surface area (Å²) in [7, 11) is 0. The quantitative estimate of drug-likeness (QED) is 0.737. The highest BCUT2D eigenvalue weighted by atomic mass is 16.2. The molecule has 2 aromatic carbocycles. The molecule has 5 nitrogen and oxygen atoms in total. The number of rotatable bonds is 1. The Kier molecular flexibility index (Phi) is 3.02. The molecule has 1 aromatic heterocycles. The largest absolute Gasteiger partial charge is 0.280 e. The smallest absolute Gasteiger partial charge is 0.267 e. The minimum Gasteiger partial charge on any atom is -0.267 e. The molecule has 0 radical (unpaired) electrons. The van der Waals surface area contributed by atoms with Crippen LogP contribution in [-0.4, -0.2) is 15.7 Å².